The Hall–Kier alpha value is -3.19. The molecule has 2 heterocycles. The summed E-state index contributed by atoms with van der Waals surface area (Å²) in [6, 6.07) is 12.3. The normalized spacial score (nSPS) is 11.2. The van der Waals surface area contributed by atoms with Crippen LogP contribution in [-0.4, -0.2) is 22.0 Å². The Kier molecular flexibility index (Phi) is 5.70. The SMILES string of the molecule is Cc1ccc(Oc2sc(C(=O)O)cc2NC(=O)c2ccc(C(C)(C)C)cc2)cn1. The van der Waals surface area contributed by atoms with Crippen LogP contribution in [0.1, 0.15) is 52.1 Å². The number of nitrogens with one attached hydrogen (secondary N) is 1. The van der Waals surface area contributed by atoms with Gasteiger partial charge in [-0.25, -0.2) is 4.79 Å². The van der Waals surface area contributed by atoms with Gasteiger partial charge in [0, 0.05) is 11.3 Å². The molecule has 0 aliphatic heterocycles. The minimum absolute atomic E-state index is 0.0121. The Labute approximate surface area is 173 Å². The second kappa shape index (κ2) is 8.05. The summed E-state index contributed by atoms with van der Waals surface area (Å²) in [5.74, 6) is -0.969. The van der Waals surface area contributed by atoms with Crippen LogP contribution in [0.3, 0.4) is 0 Å². The summed E-state index contributed by atoms with van der Waals surface area (Å²) in [6.07, 6.45) is 1.55. The molecule has 1 amide bonds. The Bertz CT molecular complexity index is 1030. The number of ether oxygens (including phenoxy) is 1. The second-order valence-corrected chi connectivity index (χ2v) is 8.65. The lowest BCUT2D eigenvalue weighted by Gasteiger charge is -2.19. The Morgan fingerprint density at radius 2 is 1.79 bits per heavy atom. The van der Waals surface area contributed by atoms with Crippen LogP contribution in [-0.2, 0) is 5.41 Å². The number of carbonyl (C=O) groups excluding carboxylic acids is 1. The number of benzene rings is 1. The summed E-state index contributed by atoms with van der Waals surface area (Å²) < 4.78 is 5.77. The summed E-state index contributed by atoms with van der Waals surface area (Å²) in [5, 5.41) is 12.4. The van der Waals surface area contributed by atoms with E-state index in [2.05, 4.69) is 31.1 Å². The number of nitrogens with zero attached hydrogens (tertiary/aromatic N) is 1. The lowest BCUT2D eigenvalue weighted by molar-refractivity contribution is 0.0701. The minimum Gasteiger partial charge on any atom is -0.477 e. The van der Waals surface area contributed by atoms with Crippen molar-refractivity contribution < 1.29 is 19.4 Å². The molecular weight excluding hydrogens is 388 g/mol. The van der Waals surface area contributed by atoms with E-state index in [0.717, 1.165) is 22.6 Å². The fourth-order valence-electron chi connectivity index (χ4n) is 2.58. The Balaban J connectivity index is 1.84. The van der Waals surface area contributed by atoms with Gasteiger partial charge in [0.15, 0.2) is 0 Å². The van der Waals surface area contributed by atoms with Gasteiger partial charge in [0.2, 0.25) is 5.06 Å². The second-order valence-electron chi connectivity index (χ2n) is 7.64. The molecular formula is C22H22N2O4S. The van der Waals surface area contributed by atoms with E-state index in [9.17, 15) is 14.7 Å². The van der Waals surface area contributed by atoms with Crippen LogP contribution in [0.25, 0.3) is 0 Å². The van der Waals surface area contributed by atoms with Crippen LogP contribution in [0, 0.1) is 6.92 Å². The number of hydrogen-bond donors (Lipinski definition) is 2. The number of pyridine rings is 1. The van der Waals surface area contributed by atoms with Gasteiger partial charge < -0.3 is 15.2 Å². The van der Waals surface area contributed by atoms with E-state index in [1.54, 1.807) is 30.5 Å². The average Bonchev–Trinajstić information content (AvgIpc) is 3.06. The highest BCUT2D eigenvalue weighted by atomic mass is 32.1. The molecule has 3 aromatic rings. The van der Waals surface area contributed by atoms with Gasteiger partial charge in [-0.3, -0.25) is 9.78 Å². The lowest BCUT2D eigenvalue weighted by atomic mass is 9.87. The first-order valence-corrected chi connectivity index (χ1v) is 9.84. The minimum atomic E-state index is -1.09. The molecule has 0 saturated heterocycles. The van der Waals surface area contributed by atoms with Crippen LogP contribution in [0.2, 0.25) is 0 Å². The van der Waals surface area contributed by atoms with Crippen LogP contribution < -0.4 is 10.1 Å². The van der Waals surface area contributed by atoms with Crippen molar-refractivity contribution in [3.63, 3.8) is 0 Å². The summed E-state index contributed by atoms with van der Waals surface area (Å²) in [4.78, 5) is 28.3. The number of hydrogen-bond acceptors (Lipinski definition) is 5. The number of rotatable bonds is 5. The lowest BCUT2D eigenvalue weighted by Crippen LogP contribution is -2.14. The van der Waals surface area contributed by atoms with Crippen molar-refractivity contribution in [2.24, 2.45) is 0 Å². The number of aryl methyl sites for hydroxylation is 1. The van der Waals surface area contributed by atoms with Crippen LogP contribution in [0.5, 0.6) is 10.8 Å². The highest BCUT2D eigenvalue weighted by Gasteiger charge is 2.19. The molecule has 7 heteroatoms. The third-order valence-electron chi connectivity index (χ3n) is 4.26. The van der Waals surface area contributed by atoms with Gasteiger partial charge >= 0.3 is 5.97 Å². The number of carboxylic acid groups (broad SMARTS) is 1. The van der Waals surface area contributed by atoms with Gasteiger partial charge in [-0.1, -0.05) is 44.2 Å². The molecule has 0 unspecified atom stereocenters. The van der Waals surface area contributed by atoms with E-state index in [1.165, 1.54) is 6.07 Å². The molecule has 6 nitrogen and oxygen atoms in total. The predicted molar refractivity (Wildman–Crippen MR) is 113 cm³/mol. The number of aromatic nitrogens is 1. The highest BCUT2D eigenvalue weighted by molar-refractivity contribution is 7.16. The smallest absolute Gasteiger partial charge is 0.346 e. The molecule has 1 aromatic carbocycles. The number of carbonyl (C=O) groups is 2. The van der Waals surface area contributed by atoms with E-state index in [-0.39, 0.29) is 21.3 Å². The quantitative estimate of drug-likeness (QED) is 0.580. The standard InChI is InChI=1S/C22H22N2O4S/c1-13-5-10-16(12-23-13)28-21-17(11-18(29-21)20(26)27)24-19(25)14-6-8-15(9-7-14)22(2,3)4/h5-12H,1-4H3,(H,24,25)(H,26,27). The molecule has 0 atom stereocenters. The average molecular weight is 410 g/mol. The fourth-order valence-corrected chi connectivity index (χ4v) is 3.40. The third kappa shape index (κ3) is 5.00. The van der Waals surface area contributed by atoms with E-state index in [0.29, 0.717) is 17.0 Å². The first kappa shape index (κ1) is 20.5. The van der Waals surface area contributed by atoms with Gasteiger partial charge in [-0.15, -0.1) is 0 Å². The number of carboxylic acids is 1. The maximum absolute atomic E-state index is 12.7. The third-order valence-corrected chi connectivity index (χ3v) is 5.27. The van der Waals surface area contributed by atoms with E-state index >= 15 is 0 Å². The van der Waals surface area contributed by atoms with Gasteiger partial charge in [-0.05, 0) is 48.2 Å². The van der Waals surface area contributed by atoms with E-state index < -0.39 is 5.97 Å². The number of amides is 1. The molecule has 0 saturated carbocycles. The van der Waals surface area contributed by atoms with Crippen molar-refractivity contribution in [2.75, 3.05) is 5.32 Å². The van der Waals surface area contributed by atoms with Gasteiger partial charge in [0.05, 0.1) is 11.9 Å². The number of aromatic carboxylic acids is 1. The zero-order valence-corrected chi connectivity index (χ0v) is 17.5. The van der Waals surface area contributed by atoms with Crippen molar-refractivity contribution in [3.05, 3.63) is 70.4 Å². The summed E-state index contributed by atoms with van der Waals surface area (Å²) >= 11 is 0.945. The van der Waals surface area contributed by atoms with Gasteiger partial charge in [0.1, 0.15) is 10.6 Å². The Morgan fingerprint density at radius 3 is 2.34 bits per heavy atom. The molecule has 0 spiro atoms. The van der Waals surface area contributed by atoms with E-state index in [1.807, 2.05) is 19.1 Å². The monoisotopic (exact) mass is 410 g/mol. The molecule has 29 heavy (non-hydrogen) atoms. The first-order valence-electron chi connectivity index (χ1n) is 9.03. The van der Waals surface area contributed by atoms with Crippen molar-refractivity contribution in [3.8, 4) is 10.8 Å². The van der Waals surface area contributed by atoms with Gasteiger partial charge in [0.25, 0.3) is 5.91 Å². The Morgan fingerprint density at radius 1 is 1.10 bits per heavy atom. The van der Waals surface area contributed by atoms with Gasteiger partial charge in [-0.2, -0.15) is 0 Å². The summed E-state index contributed by atoms with van der Waals surface area (Å²) in [7, 11) is 0. The molecule has 0 bridgehead atoms. The first-order chi connectivity index (χ1) is 13.6. The molecule has 0 aliphatic carbocycles. The maximum Gasteiger partial charge on any atom is 0.346 e. The highest BCUT2D eigenvalue weighted by Crippen LogP contribution is 2.38. The van der Waals surface area contributed by atoms with Crippen LogP contribution in [0.15, 0.2) is 48.7 Å². The molecule has 2 N–H and O–H groups in total. The van der Waals surface area contributed by atoms with Crippen molar-refractivity contribution in [1.29, 1.82) is 0 Å². The largest absolute Gasteiger partial charge is 0.477 e. The maximum atomic E-state index is 12.7. The van der Waals surface area contributed by atoms with Crippen molar-refractivity contribution in [2.45, 2.75) is 33.1 Å². The van der Waals surface area contributed by atoms with E-state index in [4.69, 9.17) is 4.74 Å². The molecule has 3 rings (SSSR count). The van der Waals surface area contributed by atoms with Crippen molar-refractivity contribution >= 4 is 28.9 Å². The zero-order valence-electron chi connectivity index (χ0n) is 16.6. The fraction of sp³-hybridized carbons (Fsp3) is 0.227. The molecule has 2 aromatic heterocycles. The number of anilines is 1. The zero-order chi connectivity index (χ0) is 21.2. The summed E-state index contributed by atoms with van der Waals surface area (Å²) in [6.45, 7) is 8.16. The van der Waals surface area contributed by atoms with Crippen molar-refractivity contribution in [1.82, 2.24) is 4.98 Å². The molecule has 150 valence electrons. The molecule has 0 aliphatic rings. The molecule has 0 radical (unpaired) electrons. The van der Waals surface area contributed by atoms with Crippen LogP contribution >= 0.6 is 11.3 Å². The number of thiophene rings is 1. The molecule has 0 fully saturated rings. The van der Waals surface area contributed by atoms with Crippen LogP contribution in [0.4, 0.5) is 5.69 Å². The predicted octanol–water partition coefficient (Wildman–Crippen LogP) is 5.49. The summed E-state index contributed by atoms with van der Waals surface area (Å²) in [5.41, 5.74) is 2.72. The topological polar surface area (TPSA) is 88.5 Å².